The molecule has 0 radical (unpaired) electrons. The predicted molar refractivity (Wildman–Crippen MR) is 81.5 cm³/mol. The third kappa shape index (κ3) is 3.95. The van der Waals surface area contributed by atoms with E-state index >= 15 is 0 Å². The van der Waals surface area contributed by atoms with E-state index < -0.39 is 0 Å². The van der Waals surface area contributed by atoms with Gasteiger partial charge in [0.1, 0.15) is 17.3 Å². The number of benzene rings is 2. The number of hydrogen-bond acceptors (Lipinski definition) is 3. The van der Waals surface area contributed by atoms with Crippen LogP contribution in [0.15, 0.2) is 42.5 Å². The minimum absolute atomic E-state index is 0.0967. The maximum Gasteiger partial charge on any atom is 0.123 e. The molecule has 2 rings (SSSR count). The minimum atomic E-state index is -0.220. The lowest BCUT2D eigenvalue weighted by molar-refractivity contribution is 0.392. The molecule has 0 aliphatic carbocycles. The number of likely N-dealkylation sites (N-methyl/N-ethyl adjacent to an activating group) is 1. The van der Waals surface area contributed by atoms with E-state index in [4.69, 9.17) is 9.47 Å². The molecule has 0 aliphatic heterocycles. The Bertz CT molecular complexity index is 562. The Morgan fingerprint density at radius 3 is 2.05 bits per heavy atom. The van der Waals surface area contributed by atoms with Crippen molar-refractivity contribution < 1.29 is 13.9 Å². The van der Waals surface area contributed by atoms with E-state index in [0.717, 1.165) is 29.0 Å². The first kappa shape index (κ1) is 15.3. The van der Waals surface area contributed by atoms with Gasteiger partial charge in [-0.15, -0.1) is 0 Å². The summed E-state index contributed by atoms with van der Waals surface area (Å²) in [6.07, 6.45) is 0.757. The predicted octanol–water partition coefficient (Wildman–Crippen LogP) is 3.35. The number of methoxy groups -OCH3 is 2. The van der Waals surface area contributed by atoms with Crippen LogP contribution in [0.4, 0.5) is 4.39 Å². The molecular formula is C17H20FNO2. The fourth-order valence-corrected chi connectivity index (χ4v) is 2.27. The van der Waals surface area contributed by atoms with Crippen LogP contribution >= 0.6 is 0 Å². The number of halogens is 1. The highest BCUT2D eigenvalue weighted by atomic mass is 19.1. The molecule has 0 fully saturated rings. The maximum absolute atomic E-state index is 13.0. The first-order valence-corrected chi connectivity index (χ1v) is 6.81. The number of hydrogen-bond donors (Lipinski definition) is 1. The van der Waals surface area contributed by atoms with Gasteiger partial charge in [0.05, 0.1) is 14.2 Å². The van der Waals surface area contributed by atoms with Crippen LogP contribution in [-0.2, 0) is 6.42 Å². The van der Waals surface area contributed by atoms with Crippen LogP contribution in [0.25, 0.3) is 0 Å². The molecule has 1 N–H and O–H groups in total. The molecule has 3 nitrogen and oxygen atoms in total. The number of rotatable bonds is 6. The van der Waals surface area contributed by atoms with Crippen LogP contribution in [-0.4, -0.2) is 21.3 Å². The molecule has 0 saturated heterocycles. The number of ether oxygens (including phenoxy) is 2. The Hall–Kier alpha value is -2.07. The topological polar surface area (TPSA) is 30.5 Å². The molecule has 1 atom stereocenters. The Kier molecular flexibility index (Phi) is 5.17. The molecule has 1 unspecified atom stereocenters. The van der Waals surface area contributed by atoms with E-state index in [-0.39, 0.29) is 11.9 Å². The molecular weight excluding hydrogens is 269 g/mol. The Balaban J connectivity index is 2.25. The smallest absolute Gasteiger partial charge is 0.123 e. The van der Waals surface area contributed by atoms with Crippen LogP contribution in [0.3, 0.4) is 0 Å². The molecule has 2 aromatic rings. The summed E-state index contributed by atoms with van der Waals surface area (Å²) in [6, 6.07) is 12.5. The standard InChI is InChI=1S/C17H20FNO2/c1-19-17(8-12-4-6-14(18)7-5-12)13-9-15(20-2)11-16(10-13)21-3/h4-7,9-11,17,19H,8H2,1-3H3. The van der Waals surface area contributed by atoms with Gasteiger partial charge in [0.15, 0.2) is 0 Å². The molecule has 112 valence electrons. The SMILES string of the molecule is CNC(Cc1ccc(F)cc1)c1cc(OC)cc(OC)c1. The molecule has 0 aliphatic rings. The highest BCUT2D eigenvalue weighted by Gasteiger charge is 2.13. The van der Waals surface area contributed by atoms with E-state index in [1.807, 2.05) is 25.2 Å². The monoisotopic (exact) mass is 289 g/mol. The van der Waals surface area contributed by atoms with Gasteiger partial charge in [-0.1, -0.05) is 12.1 Å². The fraction of sp³-hybridized carbons (Fsp3) is 0.294. The van der Waals surface area contributed by atoms with Crippen LogP contribution in [0.2, 0.25) is 0 Å². The second-order valence-electron chi connectivity index (χ2n) is 4.82. The Labute approximate surface area is 124 Å². The van der Waals surface area contributed by atoms with Crippen molar-refractivity contribution in [1.82, 2.24) is 5.32 Å². The lowest BCUT2D eigenvalue weighted by Crippen LogP contribution is -2.19. The van der Waals surface area contributed by atoms with Crippen molar-refractivity contribution in [3.8, 4) is 11.5 Å². The lowest BCUT2D eigenvalue weighted by atomic mass is 9.98. The first-order valence-electron chi connectivity index (χ1n) is 6.81. The molecule has 0 heterocycles. The average molecular weight is 289 g/mol. The molecule has 4 heteroatoms. The van der Waals surface area contributed by atoms with Gasteiger partial charge in [0.25, 0.3) is 0 Å². The van der Waals surface area contributed by atoms with E-state index in [1.54, 1.807) is 26.4 Å². The summed E-state index contributed by atoms with van der Waals surface area (Å²) in [5.41, 5.74) is 2.13. The fourth-order valence-electron chi connectivity index (χ4n) is 2.27. The summed E-state index contributed by atoms with van der Waals surface area (Å²) in [7, 11) is 5.17. The number of nitrogens with one attached hydrogen (secondary N) is 1. The summed E-state index contributed by atoms with van der Waals surface area (Å²) in [5, 5.41) is 3.28. The second kappa shape index (κ2) is 7.09. The van der Waals surface area contributed by atoms with Crippen molar-refractivity contribution in [3.05, 3.63) is 59.4 Å². The van der Waals surface area contributed by atoms with Gasteiger partial charge in [-0.2, -0.15) is 0 Å². The van der Waals surface area contributed by atoms with E-state index in [2.05, 4.69) is 5.32 Å². The third-order valence-electron chi connectivity index (χ3n) is 3.48. The van der Waals surface area contributed by atoms with Crippen molar-refractivity contribution in [2.45, 2.75) is 12.5 Å². The van der Waals surface area contributed by atoms with Crippen LogP contribution in [0, 0.1) is 5.82 Å². The van der Waals surface area contributed by atoms with Crippen LogP contribution in [0.5, 0.6) is 11.5 Å². The summed E-state index contributed by atoms with van der Waals surface area (Å²) in [6.45, 7) is 0. The zero-order valence-electron chi connectivity index (χ0n) is 12.5. The van der Waals surface area contributed by atoms with Gasteiger partial charge in [-0.05, 0) is 48.9 Å². The Morgan fingerprint density at radius 1 is 1.00 bits per heavy atom. The molecule has 0 bridgehead atoms. The van der Waals surface area contributed by atoms with Crippen molar-refractivity contribution >= 4 is 0 Å². The second-order valence-corrected chi connectivity index (χ2v) is 4.82. The van der Waals surface area contributed by atoms with Gasteiger partial charge >= 0.3 is 0 Å². The quantitative estimate of drug-likeness (QED) is 0.884. The zero-order chi connectivity index (χ0) is 15.2. The lowest BCUT2D eigenvalue weighted by Gasteiger charge is -2.18. The van der Waals surface area contributed by atoms with Crippen LogP contribution in [0.1, 0.15) is 17.2 Å². The van der Waals surface area contributed by atoms with E-state index in [0.29, 0.717) is 0 Å². The van der Waals surface area contributed by atoms with Crippen LogP contribution < -0.4 is 14.8 Å². The molecule has 0 saturated carbocycles. The van der Waals surface area contributed by atoms with E-state index in [9.17, 15) is 4.39 Å². The highest BCUT2D eigenvalue weighted by molar-refractivity contribution is 5.40. The zero-order valence-corrected chi connectivity index (χ0v) is 12.5. The van der Waals surface area contributed by atoms with Crippen molar-refractivity contribution in [3.63, 3.8) is 0 Å². The largest absolute Gasteiger partial charge is 0.497 e. The van der Waals surface area contributed by atoms with Gasteiger partial charge in [0, 0.05) is 12.1 Å². The summed E-state index contributed by atoms with van der Waals surface area (Å²) >= 11 is 0. The molecule has 0 amide bonds. The third-order valence-corrected chi connectivity index (χ3v) is 3.48. The summed E-state index contributed by atoms with van der Waals surface area (Å²) in [5.74, 6) is 1.29. The van der Waals surface area contributed by atoms with Gasteiger partial charge < -0.3 is 14.8 Å². The minimum Gasteiger partial charge on any atom is -0.497 e. The first-order chi connectivity index (χ1) is 10.2. The van der Waals surface area contributed by atoms with Crippen molar-refractivity contribution in [1.29, 1.82) is 0 Å². The van der Waals surface area contributed by atoms with Gasteiger partial charge in [-0.3, -0.25) is 0 Å². The van der Waals surface area contributed by atoms with Gasteiger partial charge in [-0.25, -0.2) is 4.39 Å². The molecule has 0 spiro atoms. The molecule has 21 heavy (non-hydrogen) atoms. The highest BCUT2D eigenvalue weighted by Crippen LogP contribution is 2.28. The van der Waals surface area contributed by atoms with E-state index in [1.165, 1.54) is 12.1 Å². The normalized spacial score (nSPS) is 12.0. The Morgan fingerprint density at radius 2 is 1.57 bits per heavy atom. The van der Waals surface area contributed by atoms with Gasteiger partial charge in [0.2, 0.25) is 0 Å². The summed E-state index contributed by atoms with van der Waals surface area (Å²) < 4.78 is 23.6. The summed E-state index contributed by atoms with van der Waals surface area (Å²) in [4.78, 5) is 0. The van der Waals surface area contributed by atoms with Crippen molar-refractivity contribution in [2.75, 3.05) is 21.3 Å². The molecule has 2 aromatic carbocycles. The molecule has 0 aromatic heterocycles. The van der Waals surface area contributed by atoms with Crippen molar-refractivity contribution in [2.24, 2.45) is 0 Å². The average Bonchev–Trinajstić information content (AvgIpc) is 2.53. The maximum atomic E-state index is 13.0.